The molecule has 1 amide bonds. The minimum absolute atomic E-state index is 0.0186. The minimum atomic E-state index is -0.284. The summed E-state index contributed by atoms with van der Waals surface area (Å²) in [5, 5.41) is 2.75. The van der Waals surface area contributed by atoms with Crippen molar-refractivity contribution in [3.05, 3.63) is 35.6 Å². The maximum Gasteiger partial charge on any atom is 0.220 e. The van der Waals surface area contributed by atoms with Gasteiger partial charge in [-0.3, -0.25) is 4.79 Å². The molecule has 0 aliphatic carbocycles. The zero-order chi connectivity index (χ0) is 12.7. The fourth-order valence-corrected chi connectivity index (χ4v) is 1.52. The Morgan fingerprint density at radius 2 is 2.29 bits per heavy atom. The summed E-state index contributed by atoms with van der Waals surface area (Å²) in [5.41, 5.74) is 6.36. The number of carbonyl (C=O) groups excluding carboxylic acids is 1. The minimum Gasteiger partial charge on any atom is -0.352 e. The third-order valence-corrected chi connectivity index (χ3v) is 2.44. The van der Waals surface area contributed by atoms with Gasteiger partial charge >= 0.3 is 0 Å². The van der Waals surface area contributed by atoms with Gasteiger partial charge in [0.1, 0.15) is 5.82 Å². The van der Waals surface area contributed by atoms with Crippen LogP contribution >= 0.6 is 0 Å². The number of hydrogen-bond donors (Lipinski definition) is 2. The van der Waals surface area contributed by atoms with Gasteiger partial charge in [0.05, 0.1) is 0 Å². The SMILES string of the molecule is CC(N)CCCC(=O)NCc1cccc(F)c1. The van der Waals surface area contributed by atoms with Crippen LogP contribution in [0.5, 0.6) is 0 Å². The molecule has 0 heterocycles. The maximum absolute atomic E-state index is 12.9. The van der Waals surface area contributed by atoms with E-state index in [0.717, 1.165) is 18.4 Å². The van der Waals surface area contributed by atoms with Gasteiger partial charge in [-0.1, -0.05) is 12.1 Å². The highest BCUT2D eigenvalue weighted by atomic mass is 19.1. The van der Waals surface area contributed by atoms with Crippen LogP contribution in [0.15, 0.2) is 24.3 Å². The fraction of sp³-hybridized carbons (Fsp3) is 0.462. The molecule has 3 N–H and O–H groups in total. The highest BCUT2D eigenvalue weighted by molar-refractivity contribution is 5.75. The quantitative estimate of drug-likeness (QED) is 0.796. The monoisotopic (exact) mass is 238 g/mol. The number of amides is 1. The molecular weight excluding hydrogens is 219 g/mol. The van der Waals surface area contributed by atoms with Gasteiger partial charge in [0.25, 0.3) is 0 Å². The molecule has 0 fully saturated rings. The summed E-state index contributed by atoms with van der Waals surface area (Å²) in [5.74, 6) is -0.302. The van der Waals surface area contributed by atoms with Crippen LogP contribution in [0.25, 0.3) is 0 Å². The van der Waals surface area contributed by atoms with Crippen molar-refractivity contribution >= 4 is 5.91 Å². The lowest BCUT2D eigenvalue weighted by Crippen LogP contribution is -2.23. The van der Waals surface area contributed by atoms with E-state index in [4.69, 9.17) is 5.73 Å². The Bertz CT molecular complexity index is 366. The zero-order valence-corrected chi connectivity index (χ0v) is 10.1. The fourth-order valence-electron chi connectivity index (χ4n) is 1.52. The second kappa shape index (κ2) is 7.01. The number of rotatable bonds is 6. The van der Waals surface area contributed by atoms with Crippen LogP contribution < -0.4 is 11.1 Å². The largest absolute Gasteiger partial charge is 0.352 e. The average molecular weight is 238 g/mol. The van der Waals surface area contributed by atoms with E-state index in [2.05, 4.69) is 5.32 Å². The molecule has 1 unspecified atom stereocenters. The standard InChI is InChI=1S/C13H19FN2O/c1-10(15)4-2-7-13(17)16-9-11-5-3-6-12(14)8-11/h3,5-6,8,10H,2,4,7,9,15H2,1H3,(H,16,17). The maximum atomic E-state index is 12.9. The first-order chi connectivity index (χ1) is 8.08. The van der Waals surface area contributed by atoms with Gasteiger partial charge in [0.2, 0.25) is 5.91 Å². The normalized spacial score (nSPS) is 12.2. The third kappa shape index (κ3) is 6.02. The van der Waals surface area contributed by atoms with E-state index in [1.807, 2.05) is 6.92 Å². The first kappa shape index (κ1) is 13.6. The molecule has 1 aromatic carbocycles. The topological polar surface area (TPSA) is 55.1 Å². The molecule has 0 saturated heterocycles. The number of benzene rings is 1. The molecule has 17 heavy (non-hydrogen) atoms. The van der Waals surface area contributed by atoms with Crippen molar-refractivity contribution in [1.82, 2.24) is 5.32 Å². The Kier molecular flexibility index (Phi) is 5.63. The van der Waals surface area contributed by atoms with Crippen LogP contribution in [-0.4, -0.2) is 11.9 Å². The van der Waals surface area contributed by atoms with Crippen LogP contribution in [0.2, 0.25) is 0 Å². The summed E-state index contributed by atoms with van der Waals surface area (Å²) < 4.78 is 12.9. The first-order valence-electron chi connectivity index (χ1n) is 5.84. The highest BCUT2D eigenvalue weighted by Gasteiger charge is 2.03. The molecular formula is C13H19FN2O. The second-order valence-electron chi connectivity index (χ2n) is 4.28. The predicted octanol–water partition coefficient (Wildman–Crippen LogP) is 1.96. The molecule has 94 valence electrons. The summed E-state index contributed by atoms with van der Waals surface area (Å²) in [6, 6.07) is 6.35. The highest BCUT2D eigenvalue weighted by Crippen LogP contribution is 2.03. The van der Waals surface area contributed by atoms with Crippen LogP contribution in [0.1, 0.15) is 31.7 Å². The molecule has 1 rings (SSSR count). The predicted molar refractivity (Wildman–Crippen MR) is 65.7 cm³/mol. The second-order valence-corrected chi connectivity index (χ2v) is 4.28. The van der Waals surface area contributed by atoms with E-state index in [1.54, 1.807) is 12.1 Å². The smallest absolute Gasteiger partial charge is 0.220 e. The third-order valence-electron chi connectivity index (χ3n) is 2.44. The van der Waals surface area contributed by atoms with E-state index in [9.17, 15) is 9.18 Å². The number of hydrogen-bond acceptors (Lipinski definition) is 2. The van der Waals surface area contributed by atoms with Crippen LogP contribution in [0, 0.1) is 5.82 Å². The van der Waals surface area contributed by atoms with Crippen LogP contribution in [0.3, 0.4) is 0 Å². The molecule has 0 aliphatic heterocycles. The Hall–Kier alpha value is -1.42. The summed E-state index contributed by atoms with van der Waals surface area (Å²) in [6.45, 7) is 2.29. The van der Waals surface area contributed by atoms with Gasteiger partial charge in [-0.2, -0.15) is 0 Å². The van der Waals surface area contributed by atoms with Crippen molar-refractivity contribution in [2.75, 3.05) is 0 Å². The first-order valence-corrected chi connectivity index (χ1v) is 5.84. The summed E-state index contributed by atoms with van der Waals surface area (Å²) in [7, 11) is 0. The summed E-state index contributed by atoms with van der Waals surface area (Å²) >= 11 is 0. The summed E-state index contributed by atoms with van der Waals surface area (Å²) in [6.07, 6.45) is 2.09. The average Bonchev–Trinajstić information content (AvgIpc) is 2.26. The molecule has 0 aromatic heterocycles. The number of nitrogens with two attached hydrogens (primary N) is 1. The van der Waals surface area contributed by atoms with Crippen LogP contribution in [-0.2, 0) is 11.3 Å². The molecule has 0 spiro atoms. The van der Waals surface area contributed by atoms with Crippen molar-refractivity contribution in [2.45, 2.75) is 38.8 Å². The lowest BCUT2D eigenvalue weighted by molar-refractivity contribution is -0.121. The van der Waals surface area contributed by atoms with E-state index in [1.165, 1.54) is 12.1 Å². The van der Waals surface area contributed by atoms with Crippen molar-refractivity contribution in [1.29, 1.82) is 0 Å². The van der Waals surface area contributed by atoms with Gasteiger partial charge in [0, 0.05) is 19.0 Å². The van der Waals surface area contributed by atoms with Crippen molar-refractivity contribution in [3.8, 4) is 0 Å². The summed E-state index contributed by atoms with van der Waals surface area (Å²) in [4.78, 5) is 11.4. The Morgan fingerprint density at radius 1 is 1.53 bits per heavy atom. The molecule has 3 nitrogen and oxygen atoms in total. The Morgan fingerprint density at radius 3 is 2.94 bits per heavy atom. The molecule has 0 radical (unpaired) electrons. The van der Waals surface area contributed by atoms with Gasteiger partial charge in [-0.05, 0) is 37.5 Å². The van der Waals surface area contributed by atoms with E-state index >= 15 is 0 Å². The Labute approximate surface area is 101 Å². The van der Waals surface area contributed by atoms with E-state index < -0.39 is 0 Å². The molecule has 0 bridgehead atoms. The van der Waals surface area contributed by atoms with E-state index in [-0.39, 0.29) is 17.8 Å². The lowest BCUT2D eigenvalue weighted by atomic mass is 10.1. The number of halogens is 1. The molecule has 1 atom stereocenters. The molecule has 0 saturated carbocycles. The van der Waals surface area contributed by atoms with Crippen molar-refractivity contribution in [2.24, 2.45) is 5.73 Å². The van der Waals surface area contributed by atoms with Gasteiger partial charge in [-0.15, -0.1) is 0 Å². The van der Waals surface area contributed by atoms with Gasteiger partial charge in [-0.25, -0.2) is 4.39 Å². The Balaban J connectivity index is 2.24. The van der Waals surface area contributed by atoms with Gasteiger partial charge in [0.15, 0.2) is 0 Å². The van der Waals surface area contributed by atoms with E-state index in [0.29, 0.717) is 13.0 Å². The van der Waals surface area contributed by atoms with Crippen LogP contribution in [0.4, 0.5) is 4.39 Å². The molecule has 0 aliphatic rings. The molecule has 1 aromatic rings. The lowest BCUT2D eigenvalue weighted by Gasteiger charge is -2.06. The van der Waals surface area contributed by atoms with Crippen molar-refractivity contribution in [3.63, 3.8) is 0 Å². The molecule has 4 heteroatoms. The van der Waals surface area contributed by atoms with Crippen molar-refractivity contribution < 1.29 is 9.18 Å². The number of nitrogens with one attached hydrogen (secondary N) is 1. The van der Waals surface area contributed by atoms with Gasteiger partial charge < -0.3 is 11.1 Å². The zero-order valence-electron chi connectivity index (χ0n) is 10.1. The number of carbonyl (C=O) groups is 1.